The van der Waals surface area contributed by atoms with Gasteiger partial charge in [0.2, 0.25) is 0 Å². The number of nitrogens with two attached hydrogens (primary N) is 1. The fraction of sp³-hybridized carbons (Fsp3) is 0.522. The summed E-state index contributed by atoms with van der Waals surface area (Å²) in [5.74, 6) is 0.160. The highest BCUT2D eigenvalue weighted by molar-refractivity contribution is 7.51. The number of hydrogen-bond acceptors (Lipinski definition) is 3. The Kier molecular flexibility index (Phi) is 9.05. The summed E-state index contributed by atoms with van der Waals surface area (Å²) in [6.45, 7) is 4.54. The number of aromatic nitrogens is 1. The topological polar surface area (TPSA) is 106 Å². The number of rotatable bonds is 13. The van der Waals surface area contributed by atoms with Crippen LogP contribution in [0.15, 0.2) is 42.5 Å². The predicted octanol–water partition coefficient (Wildman–Crippen LogP) is 4.32. The van der Waals surface area contributed by atoms with Crippen LogP contribution in [0, 0.1) is 0 Å². The number of Topliss-reactive ketones (excluding diaryl/α,β-unsaturated/α-hetero) is 1. The number of hydrogen-bond donors (Lipinski definition) is 3. The zero-order valence-corrected chi connectivity index (χ0v) is 19.0. The summed E-state index contributed by atoms with van der Waals surface area (Å²) in [4.78, 5) is 30.9. The molecule has 0 aliphatic heterocycles. The molecule has 2 rings (SSSR count). The average molecular weight is 435 g/mol. The van der Waals surface area contributed by atoms with E-state index in [4.69, 9.17) is 15.5 Å². The van der Waals surface area contributed by atoms with Gasteiger partial charge in [0.25, 0.3) is 0 Å². The molecule has 7 heteroatoms. The molecule has 1 atom stereocenters. The van der Waals surface area contributed by atoms with Gasteiger partial charge in [-0.15, -0.1) is 0 Å². The summed E-state index contributed by atoms with van der Waals surface area (Å²) in [7, 11) is -4.05. The van der Waals surface area contributed by atoms with E-state index in [2.05, 4.69) is 12.1 Å². The molecule has 0 aliphatic rings. The van der Waals surface area contributed by atoms with Crippen LogP contribution < -0.4 is 5.73 Å². The first-order chi connectivity index (χ1) is 14.1. The molecule has 6 nitrogen and oxygen atoms in total. The number of carbonyl (C=O) groups is 1. The van der Waals surface area contributed by atoms with Crippen LogP contribution >= 0.6 is 7.60 Å². The summed E-state index contributed by atoms with van der Waals surface area (Å²) in [5, 5.41) is 0. The lowest BCUT2D eigenvalue weighted by Gasteiger charge is -2.25. The van der Waals surface area contributed by atoms with Crippen LogP contribution in [0.3, 0.4) is 0 Å². The number of unbranched alkanes of at least 4 members (excludes halogenated alkanes) is 1. The van der Waals surface area contributed by atoms with Crippen molar-refractivity contribution in [2.24, 2.45) is 5.73 Å². The number of benzene rings is 1. The maximum Gasteiger partial charge on any atom is 0.325 e. The lowest BCUT2D eigenvalue weighted by atomic mass is 9.93. The van der Waals surface area contributed by atoms with Crippen LogP contribution in [0.5, 0.6) is 0 Å². The van der Waals surface area contributed by atoms with E-state index in [9.17, 15) is 9.36 Å². The first-order valence-electron chi connectivity index (χ1n) is 10.7. The van der Waals surface area contributed by atoms with Gasteiger partial charge < -0.3 is 20.1 Å². The second-order valence-corrected chi connectivity index (χ2v) is 10.1. The smallest absolute Gasteiger partial charge is 0.325 e. The van der Waals surface area contributed by atoms with E-state index < -0.39 is 13.1 Å². The Morgan fingerprint density at radius 3 is 2.40 bits per heavy atom. The summed E-state index contributed by atoms with van der Waals surface area (Å²) < 4.78 is 13.2. The summed E-state index contributed by atoms with van der Waals surface area (Å²) in [6.07, 6.45) is 4.69. The largest absolute Gasteiger partial charge is 0.343 e. The van der Waals surface area contributed by atoms with Gasteiger partial charge in [0.05, 0.1) is 11.9 Å². The van der Waals surface area contributed by atoms with Crippen molar-refractivity contribution in [3.8, 4) is 0 Å². The minimum absolute atomic E-state index is 0.160. The van der Waals surface area contributed by atoms with Gasteiger partial charge in [0.1, 0.15) is 0 Å². The van der Waals surface area contributed by atoms with Gasteiger partial charge in [-0.05, 0) is 70.1 Å². The fourth-order valence-electron chi connectivity index (χ4n) is 3.67. The van der Waals surface area contributed by atoms with E-state index in [0.29, 0.717) is 25.8 Å². The van der Waals surface area contributed by atoms with Gasteiger partial charge in [0.15, 0.2) is 5.78 Å². The van der Waals surface area contributed by atoms with Crippen LogP contribution in [0.1, 0.15) is 67.7 Å². The van der Waals surface area contributed by atoms with Gasteiger partial charge in [-0.2, -0.15) is 0 Å². The molecule has 1 heterocycles. The summed E-state index contributed by atoms with van der Waals surface area (Å²) in [6, 6.07) is 14.2. The van der Waals surface area contributed by atoms with Crippen molar-refractivity contribution in [1.29, 1.82) is 0 Å². The second kappa shape index (κ2) is 11.1. The highest BCUT2D eigenvalue weighted by atomic mass is 31.2. The normalized spacial score (nSPS) is 13.9. The van der Waals surface area contributed by atoms with E-state index in [-0.39, 0.29) is 18.4 Å². The third kappa shape index (κ3) is 8.19. The quantitative estimate of drug-likeness (QED) is 0.247. The molecule has 0 aliphatic carbocycles. The Hall–Kier alpha value is -1.72. The maximum absolute atomic E-state index is 12.7. The van der Waals surface area contributed by atoms with Crippen molar-refractivity contribution in [3.63, 3.8) is 0 Å². The van der Waals surface area contributed by atoms with Crippen molar-refractivity contribution in [1.82, 2.24) is 4.57 Å². The monoisotopic (exact) mass is 434 g/mol. The van der Waals surface area contributed by atoms with Crippen molar-refractivity contribution in [2.45, 2.75) is 70.9 Å². The molecule has 0 saturated heterocycles. The van der Waals surface area contributed by atoms with Crippen molar-refractivity contribution in [2.75, 3.05) is 6.16 Å². The molecule has 1 aromatic carbocycles. The van der Waals surface area contributed by atoms with Gasteiger partial charge in [-0.1, -0.05) is 30.3 Å². The molecule has 30 heavy (non-hydrogen) atoms. The van der Waals surface area contributed by atoms with Crippen LogP contribution in [0.25, 0.3) is 0 Å². The zero-order chi connectivity index (χ0) is 22.2. The molecule has 0 saturated carbocycles. The number of aryl methyl sites for hydroxylation is 2. The highest BCUT2D eigenvalue weighted by Gasteiger charge is 2.24. The Morgan fingerprint density at radius 2 is 1.77 bits per heavy atom. The zero-order valence-electron chi connectivity index (χ0n) is 18.1. The van der Waals surface area contributed by atoms with Crippen molar-refractivity contribution in [3.05, 3.63) is 59.4 Å². The molecule has 0 fully saturated rings. The van der Waals surface area contributed by atoms with Gasteiger partial charge >= 0.3 is 7.60 Å². The van der Waals surface area contributed by atoms with E-state index in [1.165, 1.54) is 5.56 Å². The Bertz CT molecular complexity index is 855. The third-order valence-corrected chi connectivity index (χ3v) is 6.37. The fourth-order valence-corrected chi connectivity index (χ4v) is 4.47. The lowest BCUT2D eigenvalue weighted by Crippen LogP contribution is -2.37. The van der Waals surface area contributed by atoms with E-state index in [1.807, 2.05) is 48.7 Å². The van der Waals surface area contributed by atoms with Gasteiger partial charge in [-0.3, -0.25) is 9.36 Å². The maximum atomic E-state index is 12.7. The Morgan fingerprint density at radius 1 is 1.07 bits per heavy atom. The Labute approximate surface area is 179 Å². The third-order valence-electron chi connectivity index (χ3n) is 5.56. The van der Waals surface area contributed by atoms with Gasteiger partial charge in [0, 0.05) is 24.2 Å². The van der Waals surface area contributed by atoms with Crippen molar-refractivity contribution >= 4 is 13.4 Å². The molecule has 0 radical (unpaired) electrons. The average Bonchev–Trinajstić information content (AvgIpc) is 3.12. The molecular formula is C23H35N2O4P. The molecule has 1 aromatic heterocycles. The minimum Gasteiger partial charge on any atom is -0.343 e. The van der Waals surface area contributed by atoms with E-state index in [0.717, 1.165) is 30.7 Å². The van der Waals surface area contributed by atoms with Crippen LogP contribution in [-0.2, 0) is 24.0 Å². The minimum atomic E-state index is -4.05. The lowest BCUT2D eigenvalue weighted by molar-refractivity contribution is 0.0970. The number of ketones is 1. The molecule has 0 amide bonds. The standard InChI is InChI=1S/C23H35N2O4P/c1-3-25-20(15-16-23(2,24)17-18-30(27,28)29)13-14-21(25)22(26)12-8-7-11-19-9-5-4-6-10-19/h4-6,9-10,13-14H,3,7-8,11-12,15-18,24H2,1-2H3,(H2,27,28,29). The van der Waals surface area contributed by atoms with Crippen LogP contribution in [-0.4, -0.2) is 31.8 Å². The SMILES string of the molecule is CCn1c(CCC(C)(N)CCP(=O)(O)O)ccc1C(=O)CCCCc1ccccc1. The number of nitrogens with zero attached hydrogens (tertiary/aromatic N) is 1. The van der Waals surface area contributed by atoms with E-state index in [1.54, 1.807) is 0 Å². The molecule has 0 spiro atoms. The highest BCUT2D eigenvalue weighted by Crippen LogP contribution is 2.37. The summed E-state index contributed by atoms with van der Waals surface area (Å²) in [5.41, 5.74) is 8.65. The second-order valence-electron chi connectivity index (χ2n) is 8.36. The molecule has 1 unspecified atom stereocenters. The van der Waals surface area contributed by atoms with Crippen LogP contribution in [0.4, 0.5) is 0 Å². The first-order valence-corrected chi connectivity index (χ1v) is 12.5. The molecule has 166 valence electrons. The summed E-state index contributed by atoms with van der Waals surface area (Å²) >= 11 is 0. The van der Waals surface area contributed by atoms with Crippen LogP contribution in [0.2, 0.25) is 0 Å². The van der Waals surface area contributed by atoms with E-state index >= 15 is 0 Å². The molecule has 4 N–H and O–H groups in total. The predicted molar refractivity (Wildman–Crippen MR) is 121 cm³/mol. The number of carbonyl (C=O) groups excluding carboxylic acids is 1. The molecule has 2 aromatic rings. The van der Waals surface area contributed by atoms with Gasteiger partial charge in [-0.25, -0.2) is 0 Å². The Balaban J connectivity index is 1.87. The van der Waals surface area contributed by atoms with Crippen molar-refractivity contribution < 1.29 is 19.1 Å². The molecular weight excluding hydrogens is 399 g/mol. The molecule has 0 bridgehead atoms. The first kappa shape index (κ1) is 24.5.